The van der Waals surface area contributed by atoms with Crippen LogP contribution in [0.2, 0.25) is 0 Å². The molecule has 52 valence electrons. The van der Waals surface area contributed by atoms with Gasteiger partial charge in [0.15, 0.2) is 0 Å². The van der Waals surface area contributed by atoms with Gasteiger partial charge >= 0.3 is 0 Å². The number of unbranched alkanes of at least 4 members (excludes halogenated alkanes) is 1. The first kappa shape index (κ1) is 11.1. The van der Waals surface area contributed by atoms with Crippen molar-refractivity contribution in [3.8, 4) is 0 Å². The fourth-order valence-electron chi connectivity index (χ4n) is 0.408. The standard InChI is InChI=1S/C5H14N2.ClH/c1-3-4-5-7(2)6;/h3-6H2,1-2H3;1H. The number of rotatable bonds is 3. The maximum Gasteiger partial charge on any atom is 0.0125 e. The van der Waals surface area contributed by atoms with Gasteiger partial charge in [0.25, 0.3) is 0 Å². The van der Waals surface area contributed by atoms with Gasteiger partial charge in [-0.1, -0.05) is 13.3 Å². The van der Waals surface area contributed by atoms with Crippen LogP contribution in [0.3, 0.4) is 0 Å². The molecule has 0 aliphatic rings. The summed E-state index contributed by atoms with van der Waals surface area (Å²) in [6.07, 6.45) is 2.43. The van der Waals surface area contributed by atoms with E-state index in [1.165, 1.54) is 12.8 Å². The lowest BCUT2D eigenvalue weighted by atomic mass is 10.3. The minimum Gasteiger partial charge on any atom is -0.269 e. The summed E-state index contributed by atoms with van der Waals surface area (Å²) in [6.45, 7) is 3.17. The average Bonchev–Trinajstić information content (AvgIpc) is 1.61. The highest BCUT2D eigenvalue weighted by Crippen LogP contribution is 1.84. The minimum atomic E-state index is 0. The third-order valence-electron chi connectivity index (χ3n) is 0.864. The lowest BCUT2D eigenvalue weighted by Gasteiger charge is -2.05. The Hall–Kier alpha value is 0.210. The molecule has 0 aliphatic heterocycles. The summed E-state index contributed by atoms with van der Waals surface area (Å²) in [7, 11) is 1.88. The van der Waals surface area contributed by atoms with Crippen LogP contribution < -0.4 is 5.84 Å². The van der Waals surface area contributed by atoms with E-state index in [1.54, 1.807) is 5.01 Å². The van der Waals surface area contributed by atoms with Gasteiger partial charge in [0.2, 0.25) is 0 Å². The Morgan fingerprint density at radius 2 is 2.00 bits per heavy atom. The number of hydrogen-bond acceptors (Lipinski definition) is 2. The fourth-order valence-corrected chi connectivity index (χ4v) is 0.408. The highest BCUT2D eigenvalue weighted by molar-refractivity contribution is 5.85. The summed E-state index contributed by atoms with van der Waals surface area (Å²) in [5.41, 5.74) is 0. The molecule has 0 aromatic rings. The largest absolute Gasteiger partial charge is 0.269 e. The van der Waals surface area contributed by atoms with Crippen molar-refractivity contribution in [3.05, 3.63) is 0 Å². The van der Waals surface area contributed by atoms with Gasteiger partial charge in [-0.05, 0) is 6.42 Å². The van der Waals surface area contributed by atoms with Crippen LogP contribution in [0.4, 0.5) is 0 Å². The van der Waals surface area contributed by atoms with Crippen LogP contribution in [0.15, 0.2) is 0 Å². The van der Waals surface area contributed by atoms with Gasteiger partial charge in [-0.3, -0.25) is 10.9 Å². The van der Waals surface area contributed by atoms with Crippen molar-refractivity contribution in [1.29, 1.82) is 0 Å². The SMILES string of the molecule is CCCCN(C)N.Cl. The maximum absolute atomic E-state index is 5.31. The molecule has 2 N–H and O–H groups in total. The Morgan fingerprint density at radius 3 is 2.12 bits per heavy atom. The van der Waals surface area contributed by atoms with Crippen molar-refractivity contribution in [3.63, 3.8) is 0 Å². The Morgan fingerprint density at radius 1 is 1.50 bits per heavy atom. The molecule has 0 aromatic heterocycles. The van der Waals surface area contributed by atoms with Crippen molar-refractivity contribution in [2.45, 2.75) is 19.8 Å². The van der Waals surface area contributed by atoms with Crippen LogP contribution in [0.25, 0.3) is 0 Å². The quantitative estimate of drug-likeness (QED) is 0.466. The molecule has 0 atom stereocenters. The minimum absolute atomic E-state index is 0. The third-order valence-corrected chi connectivity index (χ3v) is 0.864. The first-order valence-electron chi connectivity index (χ1n) is 2.73. The lowest BCUT2D eigenvalue weighted by Crippen LogP contribution is -2.26. The van der Waals surface area contributed by atoms with Crippen molar-refractivity contribution in [1.82, 2.24) is 5.01 Å². The summed E-state index contributed by atoms with van der Waals surface area (Å²) >= 11 is 0. The topological polar surface area (TPSA) is 29.3 Å². The normalized spacial score (nSPS) is 9.00. The van der Waals surface area contributed by atoms with E-state index in [4.69, 9.17) is 5.84 Å². The van der Waals surface area contributed by atoms with Crippen LogP contribution in [0.1, 0.15) is 19.8 Å². The van der Waals surface area contributed by atoms with E-state index in [9.17, 15) is 0 Å². The predicted molar refractivity (Wildman–Crippen MR) is 39.0 cm³/mol. The highest BCUT2D eigenvalue weighted by atomic mass is 35.5. The Balaban J connectivity index is 0. The second kappa shape index (κ2) is 7.21. The van der Waals surface area contributed by atoms with Crippen LogP contribution in [0, 0.1) is 0 Å². The molecule has 0 amide bonds. The second-order valence-corrected chi connectivity index (χ2v) is 1.83. The maximum atomic E-state index is 5.31. The summed E-state index contributed by atoms with van der Waals surface area (Å²) in [6, 6.07) is 0. The van der Waals surface area contributed by atoms with Crippen molar-refractivity contribution in [2.24, 2.45) is 5.84 Å². The summed E-state index contributed by atoms with van der Waals surface area (Å²) < 4.78 is 0. The summed E-state index contributed by atoms with van der Waals surface area (Å²) in [5, 5.41) is 1.71. The predicted octanol–water partition coefficient (Wildman–Crippen LogP) is 1.01. The molecule has 2 nitrogen and oxygen atoms in total. The van der Waals surface area contributed by atoms with Gasteiger partial charge in [-0.25, -0.2) is 0 Å². The van der Waals surface area contributed by atoms with Crippen LogP contribution in [-0.2, 0) is 0 Å². The number of hydrazine groups is 1. The van der Waals surface area contributed by atoms with Crippen LogP contribution in [-0.4, -0.2) is 18.6 Å². The number of nitrogens with zero attached hydrogens (tertiary/aromatic N) is 1. The summed E-state index contributed by atoms with van der Waals surface area (Å²) in [5.74, 6) is 5.31. The first-order valence-corrected chi connectivity index (χ1v) is 2.73. The zero-order valence-electron chi connectivity index (χ0n) is 5.55. The van der Waals surface area contributed by atoms with Gasteiger partial charge < -0.3 is 0 Å². The molecule has 8 heavy (non-hydrogen) atoms. The van der Waals surface area contributed by atoms with E-state index >= 15 is 0 Å². The number of nitrogens with two attached hydrogens (primary N) is 1. The molecular formula is C5H15ClN2. The Kier molecular flexibility index (Phi) is 9.97. The molecule has 0 saturated carbocycles. The molecule has 0 unspecified atom stereocenters. The zero-order valence-corrected chi connectivity index (χ0v) is 6.37. The van der Waals surface area contributed by atoms with Gasteiger partial charge in [0.1, 0.15) is 0 Å². The third kappa shape index (κ3) is 9.51. The highest BCUT2D eigenvalue weighted by Gasteiger charge is 1.84. The van der Waals surface area contributed by atoms with E-state index in [-0.39, 0.29) is 12.4 Å². The van der Waals surface area contributed by atoms with Gasteiger partial charge in [-0.15, -0.1) is 12.4 Å². The zero-order chi connectivity index (χ0) is 5.70. The lowest BCUT2D eigenvalue weighted by molar-refractivity contribution is 0.342. The molecule has 0 fully saturated rings. The summed E-state index contributed by atoms with van der Waals surface area (Å²) in [4.78, 5) is 0. The van der Waals surface area contributed by atoms with Crippen molar-refractivity contribution >= 4 is 12.4 Å². The molecule has 0 spiro atoms. The molecule has 0 aromatic carbocycles. The molecule has 0 radical (unpaired) electrons. The van der Waals surface area contributed by atoms with E-state index < -0.39 is 0 Å². The Labute approximate surface area is 57.4 Å². The molecular weight excluding hydrogens is 124 g/mol. The smallest absolute Gasteiger partial charge is 0.0125 e. The molecule has 0 rings (SSSR count). The van der Waals surface area contributed by atoms with E-state index in [0.29, 0.717) is 0 Å². The average molecular weight is 139 g/mol. The van der Waals surface area contributed by atoms with Gasteiger partial charge in [0.05, 0.1) is 0 Å². The second-order valence-electron chi connectivity index (χ2n) is 1.83. The van der Waals surface area contributed by atoms with Crippen LogP contribution >= 0.6 is 12.4 Å². The molecule has 0 saturated heterocycles. The number of halogens is 1. The molecule has 0 bridgehead atoms. The van der Waals surface area contributed by atoms with E-state index in [0.717, 1.165) is 6.54 Å². The van der Waals surface area contributed by atoms with E-state index in [1.807, 2.05) is 7.05 Å². The van der Waals surface area contributed by atoms with Gasteiger partial charge in [0, 0.05) is 13.6 Å². The Bertz CT molecular complexity index is 39.4. The number of hydrogen-bond donors (Lipinski definition) is 1. The van der Waals surface area contributed by atoms with Crippen molar-refractivity contribution in [2.75, 3.05) is 13.6 Å². The van der Waals surface area contributed by atoms with Crippen LogP contribution in [0.5, 0.6) is 0 Å². The van der Waals surface area contributed by atoms with Gasteiger partial charge in [-0.2, -0.15) is 0 Å². The van der Waals surface area contributed by atoms with Crippen molar-refractivity contribution < 1.29 is 0 Å². The molecule has 0 aliphatic carbocycles. The monoisotopic (exact) mass is 138 g/mol. The first-order chi connectivity index (χ1) is 3.27. The molecule has 3 heteroatoms. The van der Waals surface area contributed by atoms with E-state index in [2.05, 4.69) is 6.92 Å². The molecule has 0 heterocycles. The fraction of sp³-hybridized carbons (Fsp3) is 1.00.